The van der Waals surface area contributed by atoms with Crippen LogP contribution < -0.4 is 0 Å². The lowest BCUT2D eigenvalue weighted by atomic mass is 9.91. The van der Waals surface area contributed by atoms with E-state index in [9.17, 15) is 68.4 Å². The van der Waals surface area contributed by atoms with E-state index in [1.165, 1.54) is 48.5 Å². The van der Waals surface area contributed by atoms with Crippen LogP contribution in [0.2, 0.25) is 0 Å². The lowest BCUT2D eigenvalue weighted by Gasteiger charge is -2.19. The van der Waals surface area contributed by atoms with E-state index < -0.39 is 0 Å². The fraction of sp³-hybridized carbons (Fsp3) is 0. The average Bonchev–Trinajstić information content (AvgIpc) is 1.56. The molecule has 106 heavy (non-hydrogen) atoms. The molecule has 0 radical (unpaired) electrons. The van der Waals surface area contributed by atoms with Crippen LogP contribution in [0, 0.1) is 147 Å². The molecule has 0 aliphatic rings. The minimum absolute atomic E-state index is 0.0690. The zero-order valence-electron chi connectivity index (χ0n) is 54.8. The first kappa shape index (κ1) is 64.6. The Morgan fingerprint density at radius 1 is 0.217 bits per heavy atom. The average molecular weight is 1350 g/mol. The van der Waals surface area contributed by atoms with Gasteiger partial charge < -0.3 is 9.13 Å². The summed E-state index contributed by atoms with van der Waals surface area (Å²) in [6.45, 7) is 0. The molecular weight excluding hydrogens is 1310 g/mol. The molecule has 0 aliphatic heterocycles. The van der Waals surface area contributed by atoms with Gasteiger partial charge in [-0.2, -0.15) is 68.4 Å². The quantitative estimate of drug-likeness (QED) is 0.123. The maximum absolute atomic E-state index is 12.1. The number of nitrogens with zero attached hydrogens (tertiary/aromatic N) is 18. The van der Waals surface area contributed by atoms with Crippen molar-refractivity contribution < 1.29 is 0 Å². The molecule has 0 amide bonds. The van der Waals surface area contributed by atoms with Gasteiger partial charge in [-0.3, -0.25) is 0 Å². The summed E-state index contributed by atoms with van der Waals surface area (Å²) in [5.74, 6) is 1.04. The summed E-state index contributed by atoms with van der Waals surface area (Å²) >= 11 is 0. The van der Waals surface area contributed by atoms with E-state index in [-0.39, 0.29) is 100 Å². The Balaban J connectivity index is 1.05. The largest absolute Gasteiger partial charge is 0.309 e. The number of hydrogen-bond donors (Lipinski definition) is 0. The van der Waals surface area contributed by atoms with Gasteiger partial charge in [-0.1, -0.05) is 109 Å². The first-order valence-electron chi connectivity index (χ1n) is 32.2. The zero-order chi connectivity index (χ0) is 73.4. The van der Waals surface area contributed by atoms with Crippen LogP contribution >= 0.6 is 0 Å². The van der Waals surface area contributed by atoms with Gasteiger partial charge in [0.1, 0.15) is 6.07 Å². The van der Waals surface area contributed by atoms with Crippen molar-refractivity contribution in [2.75, 3.05) is 0 Å². The van der Waals surface area contributed by atoms with Gasteiger partial charge in [0.2, 0.25) is 0 Å². The van der Waals surface area contributed by atoms with Crippen molar-refractivity contribution in [3.8, 4) is 180 Å². The first-order valence-corrected chi connectivity index (χ1v) is 32.2. The molecule has 0 aliphatic carbocycles. The topological polar surface area (TPSA) is 358 Å². The third kappa shape index (κ3) is 10.7. The van der Waals surface area contributed by atoms with Gasteiger partial charge in [0, 0.05) is 71.6 Å². The van der Waals surface area contributed by atoms with Crippen molar-refractivity contribution in [1.82, 2.24) is 24.1 Å². The molecule has 0 saturated heterocycles. The molecule has 0 atom stereocenters. The molecule has 0 N–H and O–H groups in total. The Labute approximate surface area is 603 Å². The number of hydrogen-bond acceptors (Lipinski definition) is 16. The van der Waals surface area contributed by atoms with Crippen molar-refractivity contribution in [1.29, 1.82) is 68.4 Å². The standard InChI is InChI=1S/C88H36N18/c89-37-50-24-61(41-93)82(62(25-50)42-94)56-15-20-77-71(32-56)72-33-57(83-63(43-95)26-51(38-90)27-64(83)44-96)16-21-78(72)105(77)76-13-7-12-69(75(76)49-101)70-19-14-60(88-103-86(54-8-3-1-4-9-54)102-87(104-88)55-10-5-2-6-11-55)36-81(70)106-79-22-17-58(84-65(45-97)28-52(39-91)29-66(84)46-98)34-73(79)74-35-59(18-23-80(74)106)85-67(47-99)30-53(40-92)31-68(85)48-100/h1-36H. The van der Waals surface area contributed by atoms with Gasteiger partial charge in [-0.25, -0.2) is 15.0 Å². The fourth-order valence-corrected chi connectivity index (χ4v) is 14.1. The third-order valence-electron chi connectivity index (χ3n) is 18.6. The highest BCUT2D eigenvalue weighted by Gasteiger charge is 2.28. The maximum Gasteiger partial charge on any atom is 0.164 e. The van der Waals surface area contributed by atoms with Crippen LogP contribution in [0.4, 0.5) is 0 Å². The monoisotopic (exact) mass is 1340 g/mol. The number of rotatable bonds is 10. The molecule has 0 fully saturated rings. The van der Waals surface area contributed by atoms with Crippen LogP contribution in [0.25, 0.3) is 145 Å². The first-order chi connectivity index (χ1) is 51.9. The van der Waals surface area contributed by atoms with E-state index >= 15 is 0 Å². The number of benzene rings is 12. The lowest BCUT2D eigenvalue weighted by Crippen LogP contribution is -2.04. The molecular formula is C88H36N18. The molecule has 3 heterocycles. The number of nitriles is 13. The Bertz CT molecular complexity index is 6560. The minimum Gasteiger partial charge on any atom is -0.309 e. The van der Waals surface area contributed by atoms with Crippen molar-refractivity contribution >= 4 is 43.6 Å². The number of fused-ring (bicyclic) bond motifs is 6. The molecule has 0 bridgehead atoms. The van der Waals surface area contributed by atoms with E-state index in [0.717, 1.165) is 0 Å². The van der Waals surface area contributed by atoms with E-state index in [1.54, 1.807) is 42.5 Å². The molecule has 0 saturated carbocycles. The van der Waals surface area contributed by atoms with E-state index in [4.69, 9.17) is 15.0 Å². The van der Waals surface area contributed by atoms with Crippen LogP contribution in [0.15, 0.2) is 218 Å². The third-order valence-corrected chi connectivity index (χ3v) is 18.6. The van der Waals surface area contributed by atoms with E-state index in [2.05, 4.69) is 66.8 Å². The molecule has 18 nitrogen and oxygen atoms in total. The molecule has 3 aromatic heterocycles. The van der Waals surface area contributed by atoms with Gasteiger partial charge in [0.05, 0.1) is 179 Å². The van der Waals surface area contributed by atoms with Gasteiger partial charge in [0.25, 0.3) is 0 Å². The zero-order valence-corrected chi connectivity index (χ0v) is 54.8. The Morgan fingerprint density at radius 3 is 0.802 bits per heavy atom. The lowest BCUT2D eigenvalue weighted by molar-refractivity contribution is 1.07. The summed E-state index contributed by atoms with van der Waals surface area (Å²) in [5.41, 5.74) is 9.94. The van der Waals surface area contributed by atoms with Gasteiger partial charge >= 0.3 is 0 Å². The minimum atomic E-state index is 0.0690. The van der Waals surface area contributed by atoms with Gasteiger partial charge in [-0.15, -0.1) is 0 Å². The van der Waals surface area contributed by atoms with Crippen molar-refractivity contribution in [3.05, 3.63) is 291 Å². The van der Waals surface area contributed by atoms with Gasteiger partial charge in [-0.05, 0) is 131 Å². The van der Waals surface area contributed by atoms with Crippen LogP contribution in [-0.4, -0.2) is 24.1 Å². The SMILES string of the molecule is N#Cc1cc(C#N)c(-c2ccc3c(c2)c2cc(-c4c(C#N)cc(C#N)cc4C#N)ccc2n3-c2cc(-c3nc(-c4ccccc4)nc(-c4ccccc4)n3)ccc2-c2cccc(-n3c4ccc(-c5c(C#N)cc(C#N)cc5C#N)cc4c4cc(-c5c(C#N)cc(C#N)cc5C#N)ccc43)c2C#N)c(C#N)c1. The van der Waals surface area contributed by atoms with Crippen LogP contribution in [0.1, 0.15) is 72.3 Å². The van der Waals surface area contributed by atoms with Gasteiger partial charge in [0.15, 0.2) is 17.5 Å². The second-order valence-electron chi connectivity index (χ2n) is 24.3. The molecule has 0 spiro atoms. The maximum atomic E-state index is 12.1. The highest BCUT2D eigenvalue weighted by molar-refractivity contribution is 6.14. The smallest absolute Gasteiger partial charge is 0.164 e. The van der Waals surface area contributed by atoms with E-state index in [0.29, 0.717) is 117 Å². The summed E-state index contributed by atoms with van der Waals surface area (Å²) in [4.78, 5) is 15.3. The normalized spacial score (nSPS) is 10.5. The predicted octanol–water partition coefficient (Wildman–Crippen LogP) is 17.7. The van der Waals surface area contributed by atoms with E-state index in [1.807, 2.05) is 149 Å². The summed E-state index contributed by atoms with van der Waals surface area (Å²) in [6.07, 6.45) is 0. The highest BCUT2D eigenvalue weighted by atomic mass is 15.0. The molecule has 15 aromatic rings. The molecule has 12 aromatic carbocycles. The predicted molar refractivity (Wildman–Crippen MR) is 393 cm³/mol. The summed E-state index contributed by atoms with van der Waals surface area (Å²) in [5, 5.41) is 139. The van der Waals surface area contributed by atoms with Crippen molar-refractivity contribution in [3.63, 3.8) is 0 Å². The molecule has 15 rings (SSSR count). The second-order valence-corrected chi connectivity index (χ2v) is 24.3. The van der Waals surface area contributed by atoms with Crippen molar-refractivity contribution in [2.45, 2.75) is 0 Å². The molecule has 18 heteroatoms. The molecule has 0 unspecified atom stereocenters. The van der Waals surface area contributed by atoms with Crippen molar-refractivity contribution in [2.24, 2.45) is 0 Å². The summed E-state index contributed by atoms with van der Waals surface area (Å²) in [7, 11) is 0. The summed E-state index contributed by atoms with van der Waals surface area (Å²) in [6, 6.07) is 91.1. The Morgan fingerprint density at radius 2 is 0.509 bits per heavy atom. The second kappa shape index (κ2) is 26.5. The Kier molecular flexibility index (Phi) is 16.1. The molecule has 478 valence electrons. The van der Waals surface area contributed by atoms with Crippen LogP contribution in [0.3, 0.4) is 0 Å². The summed E-state index contributed by atoms with van der Waals surface area (Å²) < 4.78 is 3.91. The highest BCUT2D eigenvalue weighted by Crippen LogP contribution is 2.46. The van der Waals surface area contributed by atoms with Crippen LogP contribution in [-0.2, 0) is 0 Å². The Hall–Kier alpha value is -17.4. The number of aromatic nitrogens is 5. The van der Waals surface area contributed by atoms with Crippen LogP contribution in [0.5, 0.6) is 0 Å². The fourth-order valence-electron chi connectivity index (χ4n) is 14.1.